The van der Waals surface area contributed by atoms with Gasteiger partial charge in [-0.05, 0) is 56.9 Å². The van der Waals surface area contributed by atoms with Crippen LogP contribution in [0.3, 0.4) is 0 Å². The van der Waals surface area contributed by atoms with E-state index < -0.39 is 7.82 Å². The lowest BCUT2D eigenvalue weighted by molar-refractivity contribution is 0.283. The zero-order chi connectivity index (χ0) is 14.3. The summed E-state index contributed by atoms with van der Waals surface area (Å²) in [6, 6.07) is 15.4. The number of phosphoric acid groups is 1. The minimum absolute atomic E-state index is 0.224. The third-order valence-corrected chi connectivity index (χ3v) is 4.27. The van der Waals surface area contributed by atoms with Crippen molar-refractivity contribution in [3.05, 3.63) is 52.1 Å². The molecule has 3 aromatic carbocycles. The second-order valence-corrected chi connectivity index (χ2v) is 6.70. The predicted molar refractivity (Wildman–Crippen MR) is 86.8 cm³/mol. The molecule has 4 nitrogen and oxygen atoms in total. The van der Waals surface area contributed by atoms with Gasteiger partial charge in [-0.2, -0.15) is 0 Å². The number of rotatable bonds is 2. The molecule has 0 radical (unpaired) electrons. The summed E-state index contributed by atoms with van der Waals surface area (Å²) in [5, 5.41) is 3.65. The van der Waals surface area contributed by atoms with Crippen LogP contribution >= 0.6 is 30.4 Å². The second-order valence-electron chi connectivity index (χ2n) is 4.38. The fourth-order valence-corrected chi connectivity index (χ4v) is 3.36. The molecule has 0 aliphatic carbocycles. The first-order valence-corrected chi connectivity index (χ1v) is 8.41. The van der Waals surface area contributed by atoms with Crippen molar-refractivity contribution < 1.29 is 18.9 Å². The molecule has 0 saturated carbocycles. The number of halogens is 1. The summed E-state index contributed by atoms with van der Waals surface area (Å²) in [5.74, 6) is 0.224. The van der Waals surface area contributed by atoms with Gasteiger partial charge in [0.15, 0.2) is 5.75 Å². The molecule has 3 aromatic rings. The Kier molecular flexibility index (Phi) is 3.46. The van der Waals surface area contributed by atoms with E-state index in [0.717, 1.165) is 16.2 Å². The molecule has 0 amide bonds. The van der Waals surface area contributed by atoms with Gasteiger partial charge in [-0.15, -0.1) is 0 Å². The Morgan fingerprint density at radius 3 is 2.25 bits per heavy atom. The minimum atomic E-state index is -4.58. The highest BCUT2D eigenvalue weighted by molar-refractivity contribution is 14.1. The van der Waals surface area contributed by atoms with Gasteiger partial charge in [0.2, 0.25) is 0 Å². The summed E-state index contributed by atoms with van der Waals surface area (Å²) in [6.45, 7) is 0. The largest absolute Gasteiger partial charge is 0.524 e. The van der Waals surface area contributed by atoms with Gasteiger partial charge in [0.05, 0.1) is 3.57 Å². The second kappa shape index (κ2) is 5.00. The molecule has 3 rings (SSSR count). The molecule has 102 valence electrons. The van der Waals surface area contributed by atoms with E-state index in [0.29, 0.717) is 8.96 Å². The van der Waals surface area contributed by atoms with Crippen LogP contribution in [0, 0.1) is 3.57 Å². The number of hydrogen-bond donors (Lipinski definition) is 2. The van der Waals surface area contributed by atoms with Crippen molar-refractivity contribution in [1.29, 1.82) is 0 Å². The zero-order valence-corrected chi connectivity index (χ0v) is 13.2. The van der Waals surface area contributed by atoms with Crippen molar-refractivity contribution in [2.75, 3.05) is 0 Å². The van der Waals surface area contributed by atoms with E-state index in [9.17, 15) is 4.57 Å². The molecule has 20 heavy (non-hydrogen) atoms. The molecule has 0 aliphatic heterocycles. The first-order valence-electron chi connectivity index (χ1n) is 5.80. The van der Waals surface area contributed by atoms with Gasteiger partial charge in [-0.3, -0.25) is 9.79 Å². The molecule has 0 atom stereocenters. The lowest BCUT2D eigenvalue weighted by Crippen LogP contribution is -1.94. The predicted octanol–water partition coefficient (Wildman–Crippen LogP) is 4.07. The summed E-state index contributed by atoms with van der Waals surface area (Å²) in [5.41, 5.74) is 0. The van der Waals surface area contributed by atoms with Gasteiger partial charge in [0, 0.05) is 5.39 Å². The highest BCUT2D eigenvalue weighted by Crippen LogP contribution is 2.43. The molecule has 0 saturated heterocycles. The van der Waals surface area contributed by atoms with E-state index in [1.165, 1.54) is 0 Å². The summed E-state index contributed by atoms with van der Waals surface area (Å²) in [4.78, 5) is 18.1. The normalized spacial score (nSPS) is 11.9. The van der Waals surface area contributed by atoms with Gasteiger partial charge in [-0.1, -0.05) is 30.3 Å². The van der Waals surface area contributed by atoms with Crippen LogP contribution in [-0.4, -0.2) is 9.79 Å². The van der Waals surface area contributed by atoms with E-state index in [1.54, 1.807) is 6.07 Å². The molecule has 6 heteroatoms. The maximum Gasteiger partial charge on any atom is 0.524 e. The van der Waals surface area contributed by atoms with Crippen molar-refractivity contribution >= 4 is 52.0 Å². The van der Waals surface area contributed by atoms with Crippen LogP contribution < -0.4 is 4.52 Å². The van der Waals surface area contributed by atoms with Gasteiger partial charge < -0.3 is 4.52 Å². The molecule has 0 fully saturated rings. The van der Waals surface area contributed by atoms with Gasteiger partial charge in [0.25, 0.3) is 0 Å². The highest BCUT2D eigenvalue weighted by Gasteiger charge is 2.20. The molecule has 0 unspecified atom stereocenters. The first kappa shape index (κ1) is 13.8. The summed E-state index contributed by atoms with van der Waals surface area (Å²) in [7, 11) is -4.58. The summed E-state index contributed by atoms with van der Waals surface area (Å²) < 4.78 is 16.6. The highest BCUT2D eigenvalue weighted by atomic mass is 127. The van der Waals surface area contributed by atoms with Crippen molar-refractivity contribution in [2.24, 2.45) is 0 Å². The Bertz CT molecular complexity index is 856. The van der Waals surface area contributed by atoms with Crippen molar-refractivity contribution in [2.45, 2.75) is 0 Å². The molecular formula is C14H10IO4P. The van der Waals surface area contributed by atoms with Crippen molar-refractivity contribution in [1.82, 2.24) is 0 Å². The Hall–Kier alpha value is -1.14. The van der Waals surface area contributed by atoms with E-state index in [-0.39, 0.29) is 5.75 Å². The SMILES string of the molecule is O=P(O)(O)Oc1c(I)ccc2cc3ccccc3cc12. The summed E-state index contributed by atoms with van der Waals surface area (Å²) in [6.07, 6.45) is 0. The standard InChI is InChI=1S/C14H10IO4P/c15-13-6-5-11-7-9-3-1-2-4-10(9)8-12(11)14(13)19-20(16,17)18/h1-8H,(H2,16,17,18). The van der Waals surface area contributed by atoms with Crippen LogP contribution in [0.15, 0.2) is 48.5 Å². The smallest absolute Gasteiger partial charge is 0.402 e. The first-order chi connectivity index (χ1) is 9.44. The van der Waals surface area contributed by atoms with Crippen molar-refractivity contribution in [3.8, 4) is 5.75 Å². The quantitative estimate of drug-likeness (QED) is 0.387. The van der Waals surface area contributed by atoms with Crippen LogP contribution in [0.1, 0.15) is 0 Å². The molecule has 2 N–H and O–H groups in total. The average Bonchev–Trinajstić information content (AvgIpc) is 2.39. The zero-order valence-electron chi connectivity index (χ0n) is 10.2. The molecule has 0 heterocycles. The van der Waals surface area contributed by atoms with Crippen LogP contribution in [0.5, 0.6) is 5.75 Å². The topological polar surface area (TPSA) is 66.8 Å². The number of fused-ring (bicyclic) bond motifs is 2. The third-order valence-electron chi connectivity index (χ3n) is 3.00. The Morgan fingerprint density at radius 1 is 0.950 bits per heavy atom. The fraction of sp³-hybridized carbons (Fsp3) is 0. The maximum atomic E-state index is 11.1. The number of benzene rings is 3. The van der Waals surface area contributed by atoms with E-state index in [2.05, 4.69) is 0 Å². The van der Waals surface area contributed by atoms with Crippen LogP contribution in [0.4, 0.5) is 0 Å². The van der Waals surface area contributed by atoms with Gasteiger partial charge in [0.1, 0.15) is 0 Å². The maximum absolute atomic E-state index is 11.1. The molecule has 0 bridgehead atoms. The van der Waals surface area contributed by atoms with Crippen LogP contribution in [-0.2, 0) is 4.57 Å². The molecule has 0 spiro atoms. The average molecular weight is 400 g/mol. The Morgan fingerprint density at radius 2 is 1.60 bits per heavy atom. The molecule has 0 aliphatic rings. The Balaban J connectivity index is 2.34. The van der Waals surface area contributed by atoms with Gasteiger partial charge in [-0.25, -0.2) is 4.57 Å². The molecular weight excluding hydrogens is 390 g/mol. The van der Waals surface area contributed by atoms with Gasteiger partial charge >= 0.3 is 7.82 Å². The lowest BCUT2D eigenvalue weighted by atomic mass is 10.0. The van der Waals surface area contributed by atoms with Crippen molar-refractivity contribution in [3.63, 3.8) is 0 Å². The monoisotopic (exact) mass is 400 g/mol. The Labute approximate surface area is 128 Å². The van der Waals surface area contributed by atoms with E-state index in [1.807, 2.05) is 65.1 Å². The third kappa shape index (κ3) is 2.67. The number of hydrogen-bond acceptors (Lipinski definition) is 2. The molecule has 0 aromatic heterocycles. The lowest BCUT2D eigenvalue weighted by Gasteiger charge is -2.12. The number of phosphoric ester groups is 1. The van der Waals surface area contributed by atoms with Crippen LogP contribution in [0.25, 0.3) is 21.5 Å². The fourth-order valence-electron chi connectivity index (χ4n) is 2.17. The van der Waals surface area contributed by atoms with E-state index in [4.69, 9.17) is 14.3 Å². The minimum Gasteiger partial charge on any atom is -0.402 e. The summed E-state index contributed by atoms with van der Waals surface area (Å²) >= 11 is 2.00. The van der Waals surface area contributed by atoms with Crippen LogP contribution in [0.2, 0.25) is 0 Å². The van der Waals surface area contributed by atoms with E-state index >= 15 is 0 Å².